The maximum Gasteiger partial charge on any atom is 0.256 e. The molecule has 0 aliphatic heterocycles. The third-order valence-electron chi connectivity index (χ3n) is 2.82. The van der Waals surface area contributed by atoms with E-state index in [1.807, 2.05) is 6.92 Å². The van der Waals surface area contributed by atoms with Gasteiger partial charge in [-0.1, -0.05) is 19.6 Å². The van der Waals surface area contributed by atoms with Gasteiger partial charge >= 0.3 is 0 Å². The third-order valence-corrected chi connectivity index (χ3v) is 2.82. The lowest BCUT2D eigenvalue weighted by Gasteiger charge is -2.06. The molecule has 0 atom stereocenters. The van der Waals surface area contributed by atoms with E-state index in [0.717, 1.165) is 12.0 Å². The van der Waals surface area contributed by atoms with Crippen LogP contribution in [0.25, 0.3) is 0 Å². The van der Waals surface area contributed by atoms with Gasteiger partial charge in [0.2, 0.25) is 0 Å². The maximum atomic E-state index is 12.1. The Morgan fingerprint density at radius 2 is 2.20 bits per heavy atom. The number of benzene rings is 1. The topological polar surface area (TPSA) is 67.0 Å². The second-order valence-corrected chi connectivity index (χ2v) is 4.20. The number of carbonyl (C=O) groups excluding carboxylic acids is 1. The number of anilines is 1. The van der Waals surface area contributed by atoms with E-state index < -0.39 is 0 Å². The Bertz CT molecular complexity index is 587. The lowest BCUT2D eigenvalue weighted by atomic mass is 10.2. The molecule has 0 saturated heterocycles. The number of nitrogens with one attached hydrogen (secondary N) is 2. The fraction of sp³-hybridized carbons (Fsp3) is 0.200. The van der Waals surface area contributed by atoms with Gasteiger partial charge in [-0.15, -0.1) is 0 Å². The van der Waals surface area contributed by atoms with E-state index in [-0.39, 0.29) is 5.91 Å². The lowest BCUT2D eigenvalue weighted by Crippen LogP contribution is -2.13. The van der Waals surface area contributed by atoms with Crippen molar-refractivity contribution in [2.24, 2.45) is 0 Å². The molecule has 1 amide bonds. The number of hydrogen-bond donors (Lipinski definition) is 2. The number of carbonyl (C=O) groups is 1. The first kappa shape index (κ1) is 13.9. The summed E-state index contributed by atoms with van der Waals surface area (Å²) in [6.07, 6.45) is 4.19. The Morgan fingerprint density at radius 3 is 2.85 bits per heavy atom. The average molecular weight is 271 g/mol. The minimum atomic E-state index is -0.181. The summed E-state index contributed by atoms with van der Waals surface area (Å²) in [5.74, 6) is 1.17. The van der Waals surface area contributed by atoms with E-state index in [4.69, 9.17) is 4.74 Å². The zero-order valence-corrected chi connectivity index (χ0v) is 11.3. The SMILES string of the molecule is C=CCOc1ccc(C(=O)Nc2[nH]ncc2CC)cc1. The summed E-state index contributed by atoms with van der Waals surface area (Å²) < 4.78 is 5.37. The number of rotatable bonds is 6. The van der Waals surface area contributed by atoms with Crippen LogP contribution in [0.5, 0.6) is 5.75 Å². The largest absolute Gasteiger partial charge is 0.490 e. The minimum absolute atomic E-state index is 0.181. The van der Waals surface area contributed by atoms with Crippen LogP contribution in [0.15, 0.2) is 43.1 Å². The molecule has 0 radical (unpaired) electrons. The summed E-state index contributed by atoms with van der Waals surface area (Å²) in [6, 6.07) is 6.95. The molecular weight excluding hydrogens is 254 g/mol. The first-order valence-corrected chi connectivity index (χ1v) is 6.42. The second-order valence-electron chi connectivity index (χ2n) is 4.20. The first-order valence-electron chi connectivity index (χ1n) is 6.42. The van der Waals surface area contributed by atoms with Gasteiger partial charge in [0.05, 0.1) is 6.20 Å². The molecule has 2 N–H and O–H groups in total. The van der Waals surface area contributed by atoms with Gasteiger partial charge in [-0.2, -0.15) is 5.10 Å². The van der Waals surface area contributed by atoms with Crippen LogP contribution in [0.1, 0.15) is 22.8 Å². The molecule has 2 rings (SSSR count). The average Bonchev–Trinajstić information content (AvgIpc) is 2.92. The quantitative estimate of drug-likeness (QED) is 0.794. The molecule has 20 heavy (non-hydrogen) atoms. The summed E-state index contributed by atoms with van der Waals surface area (Å²) in [6.45, 7) is 6.03. The summed E-state index contributed by atoms with van der Waals surface area (Å²) in [5, 5.41) is 9.50. The Balaban J connectivity index is 2.04. The fourth-order valence-corrected chi connectivity index (χ4v) is 1.73. The molecule has 0 aliphatic rings. The number of aryl methyl sites for hydroxylation is 1. The number of H-pyrrole nitrogens is 1. The van der Waals surface area contributed by atoms with Crippen LogP contribution in [0.3, 0.4) is 0 Å². The van der Waals surface area contributed by atoms with Gasteiger partial charge in [0, 0.05) is 11.1 Å². The zero-order valence-electron chi connectivity index (χ0n) is 11.3. The van der Waals surface area contributed by atoms with Crippen molar-refractivity contribution >= 4 is 11.7 Å². The van der Waals surface area contributed by atoms with Crippen LogP contribution in [-0.2, 0) is 6.42 Å². The van der Waals surface area contributed by atoms with Crippen LogP contribution < -0.4 is 10.1 Å². The van der Waals surface area contributed by atoms with Crippen molar-refractivity contribution in [3.8, 4) is 5.75 Å². The van der Waals surface area contributed by atoms with Gasteiger partial charge in [-0.05, 0) is 30.7 Å². The first-order chi connectivity index (χ1) is 9.74. The van der Waals surface area contributed by atoms with Crippen LogP contribution in [-0.4, -0.2) is 22.7 Å². The van der Waals surface area contributed by atoms with Gasteiger partial charge in [0.1, 0.15) is 18.2 Å². The number of amides is 1. The highest BCUT2D eigenvalue weighted by molar-refractivity contribution is 6.04. The van der Waals surface area contributed by atoms with Crippen molar-refractivity contribution in [1.82, 2.24) is 10.2 Å². The van der Waals surface area contributed by atoms with Crippen molar-refractivity contribution < 1.29 is 9.53 Å². The van der Waals surface area contributed by atoms with Crippen molar-refractivity contribution in [3.63, 3.8) is 0 Å². The van der Waals surface area contributed by atoms with E-state index in [2.05, 4.69) is 22.1 Å². The molecule has 104 valence electrons. The predicted octanol–water partition coefficient (Wildman–Crippen LogP) is 2.79. The monoisotopic (exact) mass is 271 g/mol. The molecule has 1 aromatic heterocycles. The molecule has 0 spiro atoms. The molecule has 5 nitrogen and oxygen atoms in total. The van der Waals surface area contributed by atoms with Crippen molar-refractivity contribution in [3.05, 3.63) is 54.2 Å². The smallest absolute Gasteiger partial charge is 0.256 e. The molecule has 2 aromatic rings. The summed E-state index contributed by atoms with van der Waals surface area (Å²) >= 11 is 0. The fourth-order valence-electron chi connectivity index (χ4n) is 1.73. The molecule has 0 fully saturated rings. The predicted molar refractivity (Wildman–Crippen MR) is 78.1 cm³/mol. The summed E-state index contributed by atoms with van der Waals surface area (Å²) in [5.41, 5.74) is 1.54. The Morgan fingerprint density at radius 1 is 1.45 bits per heavy atom. The van der Waals surface area contributed by atoms with Crippen LogP contribution in [0.2, 0.25) is 0 Å². The second kappa shape index (κ2) is 6.56. The zero-order chi connectivity index (χ0) is 14.4. The highest BCUT2D eigenvalue weighted by Gasteiger charge is 2.10. The molecular formula is C15H17N3O2. The van der Waals surface area contributed by atoms with E-state index in [1.165, 1.54) is 0 Å². The van der Waals surface area contributed by atoms with Crippen LogP contribution in [0.4, 0.5) is 5.82 Å². The van der Waals surface area contributed by atoms with E-state index >= 15 is 0 Å². The van der Waals surface area contributed by atoms with E-state index in [9.17, 15) is 4.79 Å². The molecule has 5 heteroatoms. The molecule has 0 unspecified atom stereocenters. The number of hydrogen-bond acceptors (Lipinski definition) is 3. The highest BCUT2D eigenvalue weighted by Crippen LogP contribution is 2.15. The van der Waals surface area contributed by atoms with E-state index in [1.54, 1.807) is 36.5 Å². The molecule has 0 aliphatic carbocycles. The highest BCUT2D eigenvalue weighted by atomic mass is 16.5. The van der Waals surface area contributed by atoms with Crippen molar-refractivity contribution in [1.29, 1.82) is 0 Å². The van der Waals surface area contributed by atoms with E-state index in [0.29, 0.717) is 23.7 Å². The number of aromatic nitrogens is 2. The van der Waals surface area contributed by atoms with Crippen molar-refractivity contribution in [2.75, 3.05) is 11.9 Å². The summed E-state index contributed by atoms with van der Waals surface area (Å²) in [4.78, 5) is 12.1. The Labute approximate surface area is 117 Å². The third kappa shape index (κ3) is 3.26. The lowest BCUT2D eigenvalue weighted by molar-refractivity contribution is 0.102. The van der Waals surface area contributed by atoms with Gasteiger partial charge in [-0.25, -0.2) is 0 Å². The molecule has 1 aromatic carbocycles. The van der Waals surface area contributed by atoms with Gasteiger partial charge in [0.15, 0.2) is 0 Å². The van der Waals surface area contributed by atoms with Gasteiger partial charge in [-0.3, -0.25) is 9.89 Å². The maximum absolute atomic E-state index is 12.1. The number of ether oxygens (including phenoxy) is 1. The normalized spacial score (nSPS) is 10.1. The molecule has 1 heterocycles. The molecule has 0 bridgehead atoms. The standard InChI is InChI=1S/C15H17N3O2/c1-3-9-20-13-7-5-12(6-8-13)15(19)17-14-11(4-2)10-16-18-14/h3,5-8,10H,1,4,9H2,2H3,(H2,16,17,18,19). The Hall–Kier alpha value is -2.56. The van der Waals surface area contributed by atoms with Gasteiger partial charge in [0.25, 0.3) is 5.91 Å². The molecule has 0 saturated carbocycles. The summed E-state index contributed by atoms with van der Waals surface area (Å²) in [7, 11) is 0. The number of nitrogens with zero attached hydrogens (tertiary/aromatic N) is 1. The van der Waals surface area contributed by atoms with Crippen LogP contribution in [0, 0.1) is 0 Å². The van der Waals surface area contributed by atoms with Crippen molar-refractivity contribution in [2.45, 2.75) is 13.3 Å². The van der Waals surface area contributed by atoms with Gasteiger partial charge < -0.3 is 10.1 Å². The van der Waals surface area contributed by atoms with Crippen LogP contribution >= 0.6 is 0 Å². The Kier molecular flexibility index (Phi) is 4.55. The number of aromatic amines is 1. The minimum Gasteiger partial charge on any atom is -0.490 e.